The van der Waals surface area contributed by atoms with Gasteiger partial charge in [0.15, 0.2) is 0 Å². The van der Waals surface area contributed by atoms with Gasteiger partial charge in [0.25, 0.3) is 5.56 Å². The summed E-state index contributed by atoms with van der Waals surface area (Å²) in [5.41, 5.74) is 2.98. The molecule has 1 saturated heterocycles. The van der Waals surface area contributed by atoms with Crippen LogP contribution < -0.4 is 5.56 Å². The van der Waals surface area contributed by atoms with Crippen molar-refractivity contribution in [3.8, 4) is 5.69 Å². The lowest BCUT2D eigenvalue weighted by atomic mass is 10.2. The Labute approximate surface area is 124 Å². The normalized spacial score (nSPS) is 16.0. The smallest absolute Gasteiger partial charge is 0.257 e. The monoisotopic (exact) mass is 284 g/mol. The lowest BCUT2D eigenvalue weighted by Gasteiger charge is -2.26. The van der Waals surface area contributed by atoms with Crippen molar-refractivity contribution < 1.29 is 4.74 Å². The van der Waals surface area contributed by atoms with Crippen LogP contribution in [0, 0.1) is 6.92 Å². The van der Waals surface area contributed by atoms with Crippen molar-refractivity contribution in [1.82, 2.24) is 9.47 Å². The van der Waals surface area contributed by atoms with E-state index in [-0.39, 0.29) is 5.56 Å². The van der Waals surface area contributed by atoms with Gasteiger partial charge in [0, 0.05) is 37.1 Å². The molecular weight excluding hydrogens is 264 g/mol. The van der Waals surface area contributed by atoms with Gasteiger partial charge >= 0.3 is 0 Å². The molecule has 0 unspecified atom stereocenters. The van der Waals surface area contributed by atoms with Crippen molar-refractivity contribution in [2.75, 3.05) is 26.3 Å². The molecule has 0 spiro atoms. The Bertz CT molecular complexity index is 655. The molecule has 1 aromatic carbocycles. The summed E-state index contributed by atoms with van der Waals surface area (Å²) in [6, 6.07) is 12.0. The summed E-state index contributed by atoms with van der Waals surface area (Å²) in [5.74, 6) is 0. The van der Waals surface area contributed by atoms with Crippen LogP contribution in [-0.4, -0.2) is 35.8 Å². The minimum atomic E-state index is 0.0402. The second-order valence-corrected chi connectivity index (χ2v) is 5.42. The topological polar surface area (TPSA) is 34.5 Å². The molecule has 2 heterocycles. The molecule has 0 aliphatic carbocycles. The maximum atomic E-state index is 12.1. The van der Waals surface area contributed by atoms with Crippen LogP contribution in [0.15, 0.2) is 47.4 Å². The third-order valence-corrected chi connectivity index (χ3v) is 3.86. The molecule has 0 amide bonds. The van der Waals surface area contributed by atoms with Crippen LogP contribution >= 0.6 is 0 Å². The van der Waals surface area contributed by atoms with Crippen molar-refractivity contribution in [1.29, 1.82) is 0 Å². The van der Waals surface area contributed by atoms with E-state index in [0.717, 1.165) is 44.1 Å². The molecule has 0 N–H and O–H groups in total. The molecule has 21 heavy (non-hydrogen) atoms. The maximum Gasteiger partial charge on any atom is 0.257 e. The van der Waals surface area contributed by atoms with E-state index in [2.05, 4.69) is 17.0 Å². The highest BCUT2D eigenvalue weighted by Crippen LogP contribution is 2.11. The second-order valence-electron chi connectivity index (χ2n) is 5.42. The zero-order valence-corrected chi connectivity index (χ0v) is 12.3. The van der Waals surface area contributed by atoms with Crippen LogP contribution in [0.5, 0.6) is 0 Å². The second kappa shape index (κ2) is 6.24. The molecule has 0 atom stereocenters. The van der Waals surface area contributed by atoms with Crippen LogP contribution in [0.1, 0.15) is 11.1 Å². The summed E-state index contributed by atoms with van der Waals surface area (Å²) in [5, 5.41) is 0. The van der Waals surface area contributed by atoms with Gasteiger partial charge in [0.2, 0.25) is 0 Å². The van der Waals surface area contributed by atoms with Crippen LogP contribution in [0.2, 0.25) is 0 Å². The zero-order valence-electron chi connectivity index (χ0n) is 12.3. The van der Waals surface area contributed by atoms with Crippen molar-refractivity contribution >= 4 is 0 Å². The number of hydrogen-bond donors (Lipinski definition) is 0. The third kappa shape index (κ3) is 3.23. The van der Waals surface area contributed by atoms with Crippen molar-refractivity contribution in [2.24, 2.45) is 0 Å². The first kappa shape index (κ1) is 14.0. The minimum absolute atomic E-state index is 0.0402. The van der Waals surface area contributed by atoms with Crippen LogP contribution in [0.25, 0.3) is 5.69 Å². The van der Waals surface area contributed by atoms with E-state index in [1.165, 1.54) is 5.56 Å². The summed E-state index contributed by atoms with van der Waals surface area (Å²) in [4.78, 5) is 14.5. The van der Waals surface area contributed by atoms with Gasteiger partial charge in [-0.3, -0.25) is 14.3 Å². The Kier molecular flexibility index (Phi) is 4.18. The number of benzene rings is 1. The lowest BCUT2D eigenvalue weighted by molar-refractivity contribution is 0.0342. The molecule has 1 aliphatic heterocycles. The highest BCUT2D eigenvalue weighted by molar-refractivity contribution is 5.35. The van der Waals surface area contributed by atoms with Crippen molar-refractivity contribution in [2.45, 2.75) is 13.5 Å². The highest BCUT2D eigenvalue weighted by atomic mass is 16.5. The Morgan fingerprint density at radius 3 is 2.52 bits per heavy atom. The van der Waals surface area contributed by atoms with E-state index >= 15 is 0 Å². The van der Waals surface area contributed by atoms with Gasteiger partial charge in [-0.15, -0.1) is 0 Å². The number of aromatic nitrogens is 1. The lowest BCUT2D eigenvalue weighted by Crippen LogP contribution is -2.35. The van der Waals surface area contributed by atoms with Gasteiger partial charge in [-0.1, -0.05) is 18.2 Å². The summed E-state index contributed by atoms with van der Waals surface area (Å²) >= 11 is 0. The molecule has 4 heteroatoms. The SMILES string of the molecule is Cc1cccn(-c2ccc(CN3CCOCC3)cc2)c1=O. The largest absolute Gasteiger partial charge is 0.379 e. The minimum Gasteiger partial charge on any atom is -0.379 e. The van der Waals surface area contributed by atoms with E-state index < -0.39 is 0 Å². The van der Waals surface area contributed by atoms with E-state index in [9.17, 15) is 4.79 Å². The van der Waals surface area contributed by atoms with Gasteiger partial charge in [0.05, 0.1) is 13.2 Å². The Balaban J connectivity index is 1.77. The van der Waals surface area contributed by atoms with Crippen molar-refractivity contribution in [3.05, 3.63) is 64.1 Å². The molecule has 3 rings (SSSR count). The van der Waals surface area contributed by atoms with E-state index in [0.29, 0.717) is 0 Å². The maximum absolute atomic E-state index is 12.1. The van der Waals surface area contributed by atoms with Crippen molar-refractivity contribution in [3.63, 3.8) is 0 Å². The third-order valence-electron chi connectivity index (χ3n) is 3.86. The average molecular weight is 284 g/mol. The van der Waals surface area contributed by atoms with E-state index in [1.807, 2.05) is 37.4 Å². The Morgan fingerprint density at radius 2 is 1.81 bits per heavy atom. The number of morpholine rings is 1. The van der Waals surface area contributed by atoms with Crippen LogP contribution in [-0.2, 0) is 11.3 Å². The molecule has 1 aromatic heterocycles. The molecule has 0 radical (unpaired) electrons. The fraction of sp³-hybridized carbons (Fsp3) is 0.353. The number of nitrogens with zero attached hydrogens (tertiary/aromatic N) is 2. The fourth-order valence-electron chi connectivity index (χ4n) is 2.59. The number of pyridine rings is 1. The number of rotatable bonds is 3. The fourth-order valence-corrected chi connectivity index (χ4v) is 2.59. The van der Waals surface area contributed by atoms with Gasteiger partial charge in [-0.2, -0.15) is 0 Å². The van der Waals surface area contributed by atoms with Gasteiger partial charge < -0.3 is 4.74 Å². The highest BCUT2D eigenvalue weighted by Gasteiger charge is 2.10. The first-order valence-corrected chi connectivity index (χ1v) is 7.32. The quantitative estimate of drug-likeness (QED) is 0.864. The van der Waals surface area contributed by atoms with E-state index in [1.54, 1.807) is 4.57 Å². The number of aryl methyl sites for hydroxylation is 1. The molecule has 1 fully saturated rings. The average Bonchev–Trinajstić information content (AvgIpc) is 2.52. The summed E-state index contributed by atoms with van der Waals surface area (Å²) in [7, 11) is 0. The van der Waals surface area contributed by atoms with Gasteiger partial charge in [0.1, 0.15) is 0 Å². The van der Waals surface area contributed by atoms with Crippen LogP contribution in [0.4, 0.5) is 0 Å². The molecular formula is C17H20N2O2. The molecule has 1 aliphatic rings. The number of ether oxygens (including phenoxy) is 1. The molecule has 4 nitrogen and oxygen atoms in total. The Hall–Kier alpha value is -1.91. The molecule has 2 aromatic rings. The predicted octanol–water partition coefficient (Wildman–Crippen LogP) is 1.98. The number of hydrogen-bond acceptors (Lipinski definition) is 3. The molecule has 110 valence electrons. The first-order valence-electron chi connectivity index (χ1n) is 7.32. The van der Waals surface area contributed by atoms with Gasteiger partial charge in [-0.05, 0) is 30.7 Å². The standard InChI is InChI=1S/C17H20N2O2/c1-14-3-2-8-19(17(14)20)16-6-4-15(5-7-16)13-18-9-11-21-12-10-18/h2-8H,9-13H2,1H3. The first-order chi connectivity index (χ1) is 10.2. The summed E-state index contributed by atoms with van der Waals surface area (Å²) < 4.78 is 7.05. The summed E-state index contributed by atoms with van der Waals surface area (Å²) in [6.45, 7) is 6.38. The Morgan fingerprint density at radius 1 is 1.10 bits per heavy atom. The zero-order chi connectivity index (χ0) is 14.7. The van der Waals surface area contributed by atoms with Crippen LogP contribution in [0.3, 0.4) is 0 Å². The van der Waals surface area contributed by atoms with E-state index in [4.69, 9.17) is 4.74 Å². The molecule has 0 saturated carbocycles. The molecule has 0 bridgehead atoms. The predicted molar refractivity (Wildman–Crippen MR) is 82.9 cm³/mol. The summed E-state index contributed by atoms with van der Waals surface area (Å²) in [6.07, 6.45) is 1.81. The van der Waals surface area contributed by atoms with Gasteiger partial charge in [-0.25, -0.2) is 0 Å².